The van der Waals surface area contributed by atoms with Crippen LogP contribution in [0, 0.1) is 6.92 Å². The normalized spacial score (nSPS) is 16.8. The smallest absolute Gasteiger partial charge is 0.251 e. The standard InChI is InChI=1S/C26H27NO3/c1-18-12-13-22-23(16-26(2,3)30-24(22)14-18)27-25(28)20-10-7-11-21(15-20)29-17-19-8-5-4-6-9-19/h4-15,23H,16-17H2,1-3H3,(H,27,28). The third-order valence-electron chi connectivity index (χ3n) is 5.28. The Hall–Kier alpha value is -3.27. The average molecular weight is 402 g/mol. The highest BCUT2D eigenvalue weighted by molar-refractivity contribution is 5.94. The number of fused-ring (bicyclic) bond motifs is 1. The lowest BCUT2D eigenvalue weighted by Crippen LogP contribution is -2.41. The van der Waals surface area contributed by atoms with Gasteiger partial charge in [-0.25, -0.2) is 0 Å². The van der Waals surface area contributed by atoms with Crippen molar-refractivity contribution in [3.05, 3.63) is 95.1 Å². The third kappa shape index (κ3) is 4.65. The molecular weight excluding hydrogens is 374 g/mol. The van der Waals surface area contributed by atoms with Gasteiger partial charge in [-0.3, -0.25) is 4.79 Å². The molecule has 0 fully saturated rings. The summed E-state index contributed by atoms with van der Waals surface area (Å²) in [5.41, 5.74) is 3.48. The molecule has 0 saturated carbocycles. The van der Waals surface area contributed by atoms with E-state index < -0.39 is 0 Å². The van der Waals surface area contributed by atoms with Gasteiger partial charge in [-0.15, -0.1) is 0 Å². The maximum absolute atomic E-state index is 13.0. The van der Waals surface area contributed by atoms with E-state index in [0.29, 0.717) is 24.3 Å². The quantitative estimate of drug-likeness (QED) is 0.605. The van der Waals surface area contributed by atoms with Gasteiger partial charge in [0, 0.05) is 17.5 Å². The van der Waals surface area contributed by atoms with E-state index >= 15 is 0 Å². The molecule has 0 aliphatic carbocycles. The van der Waals surface area contributed by atoms with Crippen LogP contribution < -0.4 is 14.8 Å². The number of aryl methyl sites for hydroxylation is 1. The molecule has 1 aliphatic rings. The zero-order valence-corrected chi connectivity index (χ0v) is 17.6. The molecule has 1 N–H and O–H groups in total. The molecule has 0 saturated heterocycles. The van der Waals surface area contributed by atoms with Crippen molar-refractivity contribution in [1.82, 2.24) is 5.32 Å². The number of nitrogens with one attached hydrogen (secondary N) is 1. The zero-order valence-electron chi connectivity index (χ0n) is 17.6. The van der Waals surface area contributed by atoms with E-state index in [4.69, 9.17) is 9.47 Å². The molecule has 154 valence electrons. The first-order valence-corrected chi connectivity index (χ1v) is 10.3. The minimum atomic E-state index is -0.348. The molecule has 4 nitrogen and oxygen atoms in total. The van der Waals surface area contributed by atoms with E-state index in [0.717, 1.165) is 22.4 Å². The third-order valence-corrected chi connectivity index (χ3v) is 5.28. The van der Waals surface area contributed by atoms with Crippen molar-refractivity contribution in [3.8, 4) is 11.5 Å². The summed E-state index contributed by atoms with van der Waals surface area (Å²) in [7, 11) is 0. The van der Waals surface area contributed by atoms with Gasteiger partial charge in [-0.2, -0.15) is 0 Å². The van der Waals surface area contributed by atoms with E-state index in [-0.39, 0.29) is 17.6 Å². The van der Waals surface area contributed by atoms with Crippen molar-refractivity contribution in [3.63, 3.8) is 0 Å². The highest BCUT2D eigenvalue weighted by atomic mass is 16.5. The van der Waals surface area contributed by atoms with Gasteiger partial charge in [-0.1, -0.05) is 48.5 Å². The number of benzene rings is 3. The summed E-state index contributed by atoms with van der Waals surface area (Å²) >= 11 is 0. The fourth-order valence-corrected chi connectivity index (χ4v) is 3.80. The van der Waals surface area contributed by atoms with Crippen molar-refractivity contribution in [2.24, 2.45) is 0 Å². The number of ether oxygens (including phenoxy) is 2. The van der Waals surface area contributed by atoms with E-state index in [1.54, 1.807) is 6.07 Å². The maximum Gasteiger partial charge on any atom is 0.251 e. The van der Waals surface area contributed by atoms with E-state index in [9.17, 15) is 4.79 Å². The summed E-state index contributed by atoms with van der Waals surface area (Å²) in [4.78, 5) is 13.0. The Kier molecular flexibility index (Phi) is 5.49. The van der Waals surface area contributed by atoms with E-state index in [1.807, 2.05) is 67.6 Å². The SMILES string of the molecule is Cc1ccc2c(c1)OC(C)(C)CC2NC(=O)c1cccc(OCc2ccccc2)c1. The Morgan fingerprint density at radius 2 is 1.87 bits per heavy atom. The zero-order chi connectivity index (χ0) is 21.1. The lowest BCUT2D eigenvalue weighted by molar-refractivity contribution is 0.0619. The minimum absolute atomic E-state index is 0.106. The second kappa shape index (κ2) is 8.23. The first kappa shape index (κ1) is 20.0. The van der Waals surface area contributed by atoms with Crippen LogP contribution in [0.5, 0.6) is 11.5 Å². The Bertz CT molecular complexity index is 1040. The summed E-state index contributed by atoms with van der Waals surface area (Å²) in [5, 5.41) is 3.19. The van der Waals surface area contributed by atoms with Crippen LogP contribution in [0.25, 0.3) is 0 Å². The fraction of sp³-hybridized carbons (Fsp3) is 0.269. The number of carbonyl (C=O) groups excluding carboxylic acids is 1. The van der Waals surface area contributed by atoms with Crippen molar-refractivity contribution in [2.75, 3.05) is 0 Å². The Morgan fingerprint density at radius 1 is 1.07 bits per heavy atom. The predicted octanol–water partition coefficient (Wildman–Crippen LogP) is 5.61. The predicted molar refractivity (Wildman–Crippen MR) is 118 cm³/mol. The molecule has 1 aliphatic heterocycles. The molecule has 1 amide bonds. The van der Waals surface area contributed by atoms with Crippen LogP contribution in [0.2, 0.25) is 0 Å². The van der Waals surface area contributed by atoms with Crippen molar-refractivity contribution in [1.29, 1.82) is 0 Å². The van der Waals surface area contributed by atoms with Gasteiger partial charge in [0.05, 0.1) is 6.04 Å². The molecule has 4 rings (SSSR count). The molecule has 1 heterocycles. The number of carbonyl (C=O) groups is 1. The van der Waals surface area contributed by atoms with Gasteiger partial charge in [0.25, 0.3) is 5.91 Å². The number of hydrogen-bond acceptors (Lipinski definition) is 3. The largest absolute Gasteiger partial charge is 0.489 e. The Balaban J connectivity index is 1.49. The first-order chi connectivity index (χ1) is 14.4. The van der Waals surface area contributed by atoms with Crippen LogP contribution in [0.15, 0.2) is 72.8 Å². The van der Waals surface area contributed by atoms with Gasteiger partial charge in [0.1, 0.15) is 23.7 Å². The molecule has 4 heteroatoms. The van der Waals surface area contributed by atoms with Gasteiger partial charge < -0.3 is 14.8 Å². The van der Waals surface area contributed by atoms with Gasteiger partial charge in [0.15, 0.2) is 0 Å². The first-order valence-electron chi connectivity index (χ1n) is 10.3. The Morgan fingerprint density at radius 3 is 2.67 bits per heavy atom. The second-order valence-corrected chi connectivity index (χ2v) is 8.44. The summed E-state index contributed by atoms with van der Waals surface area (Å²) < 4.78 is 12.0. The number of rotatable bonds is 5. The molecule has 0 bridgehead atoms. The monoisotopic (exact) mass is 401 g/mol. The van der Waals surface area contributed by atoms with Gasteiger partial charge in [0.2, 0.25) is 0 Å². The van der Waals surface area contributed by atoms with Crippen molar-refractivity contribution in [2.45, 2.75) is 45.4 Å². The van der Waals surface area contributed by atoms with E-state index in [2.05, 4.69) is 25.2 Å². The molecule has 0 radical (unpaired) electrons. The molecular formula is C26H27NO3. The summed E-state index contributed by atoms with van der Waals surface area (Å²) in [6.07, 6.45) is 0.707. The Labute approximate surface area is 177 Å². The van der Waals surface area contributed by atoms with Crippen LogP contribution in [0.4, 0.5) is 0 Å². The molecule has 3 aromatic carbocycles. The maximum atomic E-state index is 13.0. The topological polar surface area (TPSA) is 47.6 Å². The summed E-state index contributed by atoms with van der Waals surface area (Å²) in [6, 6.07) is 23.3. The van der Waals surface area contributed by atoms with Crippen LogP contribution in [0.1, 0.15) is 53.4 Å². The van der Waals surface area contributed by atoms with Gasteiger partial charge >= 0.3 is 0 Å². The average Bonchev–Trinajstić information content (AvgIpc) is 2.72. The molecule has 1 unspecified atom stereocenters. The van der Waals surface area contributed by atoms with Crippen LogP contribution in [-0.2, 0) is 6.61 Å². The number of amides is 1. The number of hydrogen-bond donors (Lipinski definition) is 1. The van der Waals surface area contributed by atoms with Crippen LogP contribution >= 0.6 is 0 Å². The van der Waals surface area contributed by atoms with Crippen molar-refractivity contribution >= 4 is 5.91 Å². The van der Waals surface area contributed by atoms with Crippen molar-refractivity contribution < 1.29 is 14.3 Å². The molecule has 3 aromatic rings. The van der Waals surface area contributed by atoms with E-state index in [1.165, 1.54) is 0 Å². The highest BCUT2D eigenvalue weighted by Gasteiger charge is 2.34. The molecule has 0 spiro atoms. The lowest BCUT2D eigenvalue weighted by atomic mass is 9.89. The minimum Gasteiger partial charge on any atom is -0.489 e. The highest BCUT2D eigenvalue weighted by Crippen LogP contribution is 2.40. The lowest BCUT2D eigenvalue weighted by Gasteiger charge is -2.38. The fourth-order valence-electron chi connectivity index (χ4n) is 3.80. The summed E-state index contributed by atoms with van der Waals surface area (Å²) in [5.74, 6) is 1.40. The second-order valence-electron chi connectivity index (χ2n) is 8.44. The molecule has 0 aromatic heterocycles. The molecule has 1 atom stereocenters. The van der Waals surface area contributed by atoms with Gasteiger partial charge in [-0.05, 0) is 56.2 Å². The summed E-state index contributed by atoms with van der Waals surface area (Å²) in [6.45, 7) is 6.61. The molecule has 30 heavy (non-hydrogen) atoms. The van der Waals surface area contributed by atoms with Crippen LogP contribution in [0.3, 0.4) is 0 Å². The van der Waals surface area contributed by atoms with Crippen LogP contribution in [-0.4, -0.2) is 11.5 Å².